The largest absolute Gasteiger partial charge is 2.00 e. The Hall–Kier alpha value is -2.28. The predicted octanol–water partition coefficient (Wildman–Crippen LogP) is -4.02. The number of aromatic amines is 2. The molecule has 2 aromatic rings. The molecule has 0 aliphatic carbocycles. The molecule has 2 heterocycles. The fourth-order valence-corrected chi connectivity index (χ4v) is 1.33. The van der Waals surface area contributed by atoms with Gasteiger partial charge >= 0.3 is 17.1 Å². The van der Waals surface area contributed by atoms with Crippen molar-refractivity contribution in [1.82, 2.24) is 20.4 Å². The second-order valence-corrected chi connectivity index (χ2v) is 4.62. The van der Waals surface area contributed by atoms with Crippen LogP contribution in [0.2, 0.25) is 0 Å². The maximum Gasteiger partial charge on any atom is 2.00 e. The molecular formula is C14H27CuN4O8+. The Morgan fingerprint density at radius 1 is 0.889 bits per heavy atom. The fraction of sp³-hybridized carbons (Fsp3) is 0.429. The summed E-state index contributed by atoms with van der Waals surface area (Å²) in [6.07, 6.45) is 0. The molecule has 0 saturated heterocycles. The summed E-state index contributed by atoms with van der Waals surface area (Å²) in [7, 11) is 0. The van der Waals surface area contributed by atoms with Crippen LogP contribution in [-0.2, 0) is 36.9 Å². The Morgan fingerprint density at radius 2 is 1.19 bits per heavy atom. The zero-order valence-electron chi connectivity index (χ0n) is 15.4. The van der Waals surface area contributed by atoms with Crippen molar-refractivity contribution in [1.29, 1.82) is 0 Å². The van der Waals surface area contributed by atoms with Crippen LogP contribution >= 0.6 is 0 Å². The van der Waals surface area contributed by atoms with E-state index in [0.717, 1.165) is 22.8 Å². The Morgan fingerprint density at radius 3 is 1.30 bits per heavy atom. The van der Waals surface area contributed by atoms with Gasteiger partial charge in [0.1, 0.15) is 0 Å². The van der Waals surface area contributed by atoms with Crippen LogP contribution in [0.5, 0.6) is 0 Å². The van der Waals surface area contributed by atoms with E-state index < -0.39 is 25.2 Å². The van der Waals surface area contributed by atoms with Crippen molar-refractivity contribution in [2.24, 2.45) is 0 Å². The van der Waals surface area contributed by atoms with E-state index in [0.29, 0.717) is 0 Å². The number of hydrogen-bond acceptors (Lipinski definition) is 7. The number of H-pyrrole nitrogens is 2. The van der Waals surface area contributed by atoms with Gasteiger partial charge in [-0.25, -0.2) is 0 Å². The normalized spacial score (nSPS) is 7.85. The minimum Gasteiger partial charge on any atom is -0.548 e. The Labute approximate surface area is 166 Å². The van der Waals surface area contributed by atoms with E-state index in [1.165, 1.54) is 0 Å². The smallest absolute Gasteiger partial charge is 0.548 e. The minimum absolute atomic E-state index is 0. The van der Waals surface area contributed by atoms with Gasteiger partial charge in [0.25, 0.3) is 0 Å². The number of carboxylic acids is 2. The first-order valence-electron chi connectivity index (χ1n) is 6.65. The van der Waals surface area contributed by atoms with E-state index in [9.17, 15) is 19.8 Å². The van der Waals surface area contributed by atoms with Gasteiger partial charge in [0, 0.05) is 11.4 Å². The molecular weight excluding hydrogens is 416 g/mol. The summed E-state index contributed by atoms with van der Waals surface area (Å²) in [5.74, 6) is -2.90. The SMILES string of the molecule is Cc1cc(C)[nH]n1.Cc1cc(C)[nH]n1.O.O.O=C([O-])COCC(=O)[O-].[Cu+2].[OH3+]. The van der Waals surface area contributed by atoms with E-state index >= 15 is 0 Å². The first-order chi connectivity index (χ1) is 10.7. The first kappa shape index (κ1) is 35.8. The van der Waals surface area contributed by atoms with Crippen molar-refractivity contribution in [3.8, 4) is 0 Å². The molecule has 0 atom stereocenters. The number of aromatic nitrogens is 4. The van der Waals surface area contributed by atoms with Gasteiger partial charge in [0.2, 0.25) is 0 Å². The fourth-order valence-electron chi connectivity index (χ4n) is 1.33. The number of nitrogens with one attached hydrogen (secondary N) is 2. The number of nitrogens with zero attached hydrogens (tertiary/aromatic N) is 2. The molecule has 27 heavy (non-hydrogen) atoms. The number of aliphatic carboxylic acids is 2. The van der Waals surface area contributed by atoms with Gasteiger partial charge in [0.15, 0.2) is 0 Å². The molecule has 9 N–H and O–H groups in total. The third kappa shape index (κ3) is 23.7. The minimum atomic E-state index is -1.45. The van der Waals surface area contributed by atoms with Crippen LogP contribution in [0.15, 0.2) is 12.1 Å². The molecule has 13 heteroatoms. The Balaban J connectivity index is -0.0000000839. The summed E-state index contributed by atoms with van der Waals surface area (Å²) in [6, 6.07) is 4.00. The second kappa shape index (κ2) is 20.0. The summed E-state index contributed by atoms with van der Waals surface area (Å²) >= 11 is 0. The molecule has 1 radical (unpaired) electrons. The molecule has 0 saturated carbocycles. The zero-order valence-corrected chi connectivity index (χ0v) is 16.3. The summed E-state index contributed by atoms with van der Waals surface area (Å²) in [5, 5.41) is 32.5. The summed E-state index contributed by atoms with van der Waals surface area (Å²) in [5.41, 5.74) is 4.35. The van der Waals surface area contributed by atoms with Crippen molar-refractivity contribution in [2.45, 2.75) is 27.7 Å². The summed E-state index contributed by atoms with van der Waals surface area (Å²) < 4.78 is 4.03. The molecule has 12 nitrogen and oxygen atoms in total. The number of ether oxygens (including phenoxy) is 1. The third-order valence-corrected chi connectivity index (χ3v) is 2.11. The first-order valence-corrected chi connectivity index (χ1v) is 6.65. The average molecular weight is 443 g/mol. The third-order valence-electron chi connectivity index (χ3n) is 2.11. The van der Waals surface area contributed by atoms with Crippen molar-refractivity contribution in [3.05, 3.63) is 34.9 Å². The van der Waals surface area contributed by atoms with E-state index in [1.54, 1.807) is 0 Å². The van der Waals surface area contributed by atoms with E-state index in [4.69, 9.17) is 0 Å². The van der Waals surface area contributed by atoms with Gasteiger partial charge in [-0.05, 0) is 39.8 Å². The maximum atomic E-state index is 9.53. The predicted molar refractivity (Wildman–Crippen MR) is 89.1 cm³/mol. The molecule has 0 bridgehead atoms. The van der Waals surface area contributed by atoms with Crippen LogP contribution in [0.25, 0.3) is 0 Å². The van der Waals surface area contributed by atoms with E-state index in [1.807, 2.05) is 39.8 Å². The van der Waals surface area contributed by atoms with Crippen LogP contribution in [0.1, 0.15) is 22.8 Å². The molecule has 0 amide bonds. The van der Waals surface area contributed by atoms with Gasteiger partial charge in [-0.2, -0.15) is 10.2 Å². The number of aryl methyl sites for hydroxylation is 4. The van der Waals surface area contributed by atoms with Crippen LogP contribution in [-0.4, -0.2) is 56.5 Å². The van der Waals surface area contributed by atoms with Crippen molar-refractivity contribution in [2.75, 3.05) is 13.2 Å². The molecule has 0 aliphatic rings. The van der Waals surface area contributed by atoms with Crippen LogP contribution in [0.4, 0.5) is 0 Å². The summed E-state index contributed by atoms with van der Waals surface area (Å²) in [4.78, 5) is 19.1. The Bertz CT molecular complexity index is 533. The number of carboxylic acid groups (broad SMARTS) is 2. The number of carbonyl (C=O) groups is 2. The quantitative estimate of drug-likeness (QED) is 0.350. The Kier molecular flexibility index (Phi) is 26.5. The van der Waals surface area contributed by atoms with Crippen molar-refractivity contribution < 1.29 is 58.0 Å². The van der Waals surface area contributed by atoms with Gasteiger partial charge in [0.05, 0.1) is 36.5 Å². The number of hydrogen-bond donors (Lipinski definition) is 2. The number of carbonyl (C=O) groups excluding carboxylic acids is 2. The topological polar surface area (TPSA) is 243 Å². The van der Waals surface area contributed by atoms with Crippen molar-refractivity contribution in [3.63, 3.8) is 0 Å². The van der Waals surface area contributed by atoms with Gasteiger partial charge in [-0.3, -0.25) is 10.2 Å². The second-order valence-electron chi connectivity index (χ2n) is 4.62. The van der Waals surface area contributed by atoms with Gasteiger partial charge in [-0.1, -0.05) is 0 Å². The molecule has 0 spiro atoms. The molecule has 161 valence electrons. The molecule has 0 unspecified atom stereocenters. The van der Waals surface area contributed by atoms with Gasteiger partial charge < -0.3 is 41.0 Å². The molecule has 0 fully saturated rings. The molecule has 0 aromatic carbocycles. The monoisotopic (exact) mass is 442 g/mol. The van der Waals surface area contributed by atoms with E-state index in [-0.39, 0.29) is 33.5 Å². The van der Waals surface area contributed by atoms with Crippen molar-refractivity contribution >= 4 is 11.9 Å². The molecule has 2 rings (SSSR count). The number of rotatable bonds is 4. The zero-order chi connectivity index (χ0) is 17.8. The maximum absolute atomic E-state index is 9.53. The standard InChI is InChI=1S/2C5H8N2.C4H6O5.Cu.3H2O/c2*1-4-3-5(2)7-6-4;5-3(6)1-9-2-4(7)8;;;;/h2*3H,1-2H3,(H,6,7);1-2H2,(H,5,6)(H,7,8);;3*1H2/q;;;+2;;;/p-1. The van der Waals surface area contributed by atoms with Gasteiger partial charge in [-0.15, -0.1) is 0 Å². The van der Waals surface area contributed by atoms with Crippen LogP contribution in [0.3, 0.4) is 0 Å². The molecule has 2 aromatic heterocycles. The summed E-state index contributed by atoms with van der Waals surface area (Å²) in [6.45, 7) is 6.47. The molecule has 0 aliphatic heterocycles. The van der Waals surface area contributed by atoms with E-state index in [2.05, 4.69) is 25.1 Å². The van der Waals surface area contributed by atoms with Crippen LogP contribution < -0.4 is 10.2 Å². The van der Waals surface area contributed by atoms with Crippen LogP contribution in [0, 0.1) is 27.7 Å². The average Bonchev–Trinajstić information content (AvgIpc) is 2.98.